The molecule has 0 unspecified atom stereocenters. The molecule has 0 N–H and O–H groups in total. The molecule has 0 fully saturated rings. The number of allylic oxidation sites excluding steroid dienone is 2. The molecule has 0 saturated carbocycles. The minimum absolute atomic E-state index is 0.197. The van der Waals surface area contributed by atoms with Crippen molar-refractivity contribution in [3.63, 3.8) is 0 Å². The van der Waals surface area contributed by atoms with E-state index in [4.69, 9.17) is 5.26 Å². The molecule has 1 rings (SSSR count). The predicted octanol–water partition coefficient (Wildman–Crippen LogP) is 1.99. The standard InChI is InChI=1S/C12H14N2O/c1-9(2)6-7-14-10(3)4-5-11(8-13)12(14)15/h4-6H,7H2,1-3H3. The van der Waals surface area contributed by atoms with Crippen molar-refractivity contribution in [2.45, 2.75) is 27.3 Å². The summed E-state index contributed by atoms with van der Waals surface area (Å²) in [6, 6.07) is 5.25. The summed E-state index contributed by atoms with van der Waals surface area (Å²) in [6.07, 6.45) is 1.97. The van der Waals surface area contributed by atoms with Crippen LogP contribution in [0.5, 0.6) is 0 Å². The summed E-state index contributed by atoms with van der Waals surface area (Å²) in [6.45, 7) is 6.35. The van der Waals surface area contributed by atoms with Crippen LogP contribution in [0.15, 0.2) is 28.6 Å². The second-order valence-electron chi connectivity index (χ2n) is 3.70. The van der Waals surface area contributed by atoms with E-state index in [9.17, 15) is 4.79 Å². The highest BCUT2D eigenvalue weighted by molar-refractivity contribution is 5.27. The average molecular weight is 202 g/mol. The number of aryl methyl sites for hydroxylation is 1. The lowest BCUT2D eigenvalue weighted by molar-refractivity contribution is 0.740. The van der Waals surface area contributed by atoms with E-state index in [1.54, 1.807) is 16.7 Å². The first kappa shape index (κ1) is 11.3. The summed E-state index contributed by atoms with van der Waals surface area (Å²) in [5, 5.41) is 8.73. The smallest absolute Gasteiger partial charge is 0.268 e. The number of nitrogens with zero attached hydrogens (tertiary/aromatic N) is 2. The Labute approximate surface area is 89.3 Å². The molecular formula is C12H14N2O. The lowest BCUT2D eigenvalue weighted by atomic mass is 10.2. The molecule has 0 aliphatic carbocycles. The number of rotatable bonds is 2. The van der Waals surface area contributed by atoms with Crippen LogP contribution < -0.4 is 5.56 Å². The molecule has 0 aromatic carbocycles. The van der Waals surface area contributed by atoms with E-state index in [1.807, 2.05) is 32.9 Å². The van der Waals surface area contributed by atoms with Gasteiger partial charge in [-0.2, -0.15) is 5.26 Å². The Hall–Kier alpha value is -1.82. The Kier molecular flexibility index (Phi) is 3.46. The lowest BCUT2D eigenvalue weighted by Gasteiger charge is -2.07. The first-order valence-electron chi connectivity index (χ1n) is 4.80. The number of hydrogen-bond donors (Lipinski definition) is 0. The van der Waals surface area contributed by atoms with Gasteiger partial charge >= 0.3 is 0 Å². The summed E-state index contributed by atoms with van der Waals surface area (Å²) in [7, 11) is 0. The van der Waals surface area contributed by atoms with Gasteiger partial charge in [0.25, 0.3) is 5.56 Å². The van der Waals surface area contributed by atoms with Crippen molar-refractivity contribution in [1.82, 2.24) is 4.57 Å². The largest absolute Gasteiger partial charge is 0.308 e. The molecular weight excluding hydrogens is 188 g/mol. The molecule has 0 atom stereocenters. The van der Waals surface area contributed by atoms with Crippen LogP contribution in [-0.2, 0) is 6.54 Å². The van der Waals surface area contributed by atoms with Crippen molar-refractivity contribution in [1.29, 1.82) is 5.26 Å². The Bertz CT molecular complexity index is 485. The van der Waals surface area contributed by atoms with Gasteiger partial charge in [0, 0.05) is 12.2 Å². The van der Waals surface area contributed by atoms with Crippen molar-refractivity contribution in [3.05, 3.63) is 45.4 Å². The average Bonchev–Trinajstić information content (AvgIpc) is 2.17. The maximum Gasteiger partial charge on any atom is 0.268 e. The van der Waals surface area contributed by atoms with Crippen LogP contribution >= 0.6 is 0 Å². The van der Waals surface area contributed by atoms with Crippen LogP contribution in [0.1, 0.15) is 25.1 Å². The SMILES string of the molecule is CC(C)=CCn1c(C)ccc(C#N)c1=O. The molecule has 1 heterocycles. The fraction of sp³-hybridized carbons (Fsp3) is 0.333. The maximum atomic E-state index is 11.7. The van der Waals surface area contributed by atoms with E-state index in [0.717, 1.165) is 11.3 Å². The minimum atomic E-state index is -0.213. The predicted molar refractivity (Wildman–Crippen MR) is 59.6 cm³/mol. The maximum absolute atomic E-state index is 11.7. The Morgan fingerprint density at radius 3 is 2.73 bits per heavy atom. The Morgan fingerprint density at radius 2 is 2.20 bits per heavy atom. The third kappa shape index (κ3) is 2.57. The highest BCUT2D eigenvalue weighted by Gasteiger charge is 2.03. The zero-order valence-corrected chi connectivity index (χ0v) is 9.24. The first-order valence-corrected chi connectivity index (χ1v) is 4.80. The topological polar surface area (TPSA) is 45.8 Å². The monoisotopic (exact) mass is 202 g/mol. The normalized spacial score (nSPS) is 9.47. The molecule has 3 nitrogen and oxygen atoms in total. The van der Waals surface area contributed by atoms with Gasteiger partial charge < -0.3 is 4.57 Å². The fourth-order valence-electron chi connectivity index (χ4n) is 1.26. The summed E-state index contributed by atoms with van der Waals surface area (Å²) in [5.74, 6) is 0. The molecule has 0 bridgehead atoms. The number of aromatic nitrogens is 1. The third-order valence-corrected chi connectivity index (χ3v) is 2.20. The summed E-state index contributed by atoms with van der Waals surface area (Å²) in [5.41, 5.74) is 2.01. The molecule has 1 aromatic heterocycles. The van der Waals surface area contributed by atoms with E-state index >= 15 is 0 Å². The third-order valence-electron chi connectivity index (χ3n) is 2.20. The Morgan fingerprint density at radius 1 is 1.53 bits per heavy atom. The Balaban J connectivity index is 3.23. The van der Waals surface area contributed by atoms with E-state index in [1.165, 1.54) is 0 Å². The van der Waals surface area contributed by atoms with Gasteiger partial charge in [0.1, 0.15) is 11.6 Å². The zero-order chi connectivity index (χ0) is 11.4. The zero-order valence-electron chi connectivity index (χ0n) is 9.24. The van der Waals surface area contributed by atoms with Crippen molar-refractivity contribution in [2.24, 2.45) is 0 Å². The van der Waals surface area contributed by atoms with Gasteiger partial charge in [0.2, 0.25) is 0 Å². The quantitative estimate of drug-likeness (QED) is 0.688. The lowest BCUT2D eigenvalue weighted by Crippen LogP contribution is -2.23. The summed E-state index contributed by atoms with van der Waals surface area (Å²) in [4.78, 5) is 11.7. The fourth-order valence-corrected chi connectivity index (χ4v) is 1.26. The van der Waals surface area contributed by atoms with Crippen LogP contribution in [0.3, 0.4) is 0 Å². The van der Waals surface area contributed by atoms with Gasteiger partial charge in [0.05, 0.1) is 0 Å². The van der Waals surface area contributed by atoms with E-state index in [0.29, 0.717) is 6.54 Å². The highest BCUT2D eigenvalue weighted by Crippen LogP contribution is 1.99. The molecule has 0 amide bonds. The van der Waals surface area contributed by atoms with Crippen LogP contribution in [0.4, 0.5) is 0 Å². The van der Waals surface area contributed by atoms with Crippen molar-refractivity contribution < 1.29 is 0 Å². The number of pyridine rings is 1. The van der Waals surface area contributed by atoms with Crippen LogP contribution in [0.2, 0.25) is 0 Å². The second kappa shape index (κ2) is 4.61. The van der Waals surface area contributed by atoms with Gasteiger partial charge in [-0.15, -0.1) is 0 Å². The molecule has 15 heavy (non-hydrogen) atoms. The molecule has 0 aliphatic heterocycles. The first-order chi connectivity index (χ1) is 7.06. The van der Waals surface area contributed by atoms with Gasteiger partial charge in [-0.3, -0.25) is 4.79 Å². The van der Waals surface area contributed by atoms with Gasteiger partial charge in [-0.05, 0) is 32.9 Å². The molecule has 0 radical (unpaired) electrons. The van der Waals surface area contributed by atoms with E-state index in [2.05, 4.69) is 0 Å². The summed E-state index contributed by atoms with van der Waals surface area (Å²) >= 11 is 0. The van der Waals surface area contributed by atoms with Gasteiger partial charge in [-0.25, -0.2) is 0 Å². The van der Waals surface area contributed by atoms with Crippen LogP contribution in [-0.4, -0.2) is 4.57 Å². The minimum Gasteiger partial charge on any atom is -0.308 e. The molecule has 1 aromatic rings. The number of nitriles is 1. The summed E-state index contributed by atoms with van der Waals surface area (Å²) < 4.78 is 1.60. The second-order valence-corrected chi connectivity index (χ2v) is 3.70. The molecule has 0 saturated heterocycles. The van der Waals surface area contributed by atoms with Crippen LogP contribution in [0, 0.1) is 18.3 Å². The molecule has 3 heteroatoms. The van der Waals surface area contributed by atoms with Crippen molar-refractivity contribution in [3.8, 4) is 6.07 Å². The van der Waals surface area contributed by atoms with E-state index in [-0.39, 0.29) is 11.1 Å². The molecule has 0 spiro atoms. The van der Waals surface area contributed by atoms with Gasteiger partial charge in [-0.1, -0.05) is 11.6 Å². The van der Waals surface area contributed by atoms with Crippen molar-refractivity contribution in [2.75, 3.05) is 0 Å². The van der Waals surface area contributed by atoms with Gasteiger partial charge in [0.15, 0.2) is 0 Å². The van der Waals surface area contributed by atoms with Crippen LogP contribution in [0.25, 0.3) is 0 Å². The number of hydrogen-bond acceptors (Lipinski definition) is 2. The molecule has 0 aliphatic rings. The molecule has 78 valence electrons. The van der Waals surface area contributed by atoms with E-state index < -0.39 is 0 Å². The van der Waals surface area contributed by atoms with Crippen molar-refractivity contribution >= 4 is 0 Å². The highest BCUT2D eigenvalue weighted by atomic mass is 16.1.